The van der Waals surface area contributed by atoms with E-state index in [1.54, 1.807) is 0 Å². The number of β-amino-alcohol motifs (C(OH)–C–C–N with tert-alkyl or cyclic N) is 1. The van der Waals surface area contributed by atoms with Crippen molar-refractivity contribution in [3.63, 3.8) is 0 Å². The normalized spacial score (nSPS) is 17.2. The number of amides is 1. The molecule has 1 heterocycles. The number of rotatable bonds is 5. The molecule has 1 fully saturated rings. The summed E-state index contributed by atoms with van der Waals surface area (Å²) in [6.07, 6.45) is 1.61. The molecule has 138 valence electrons. The lowest BCUT2D eigenvalue weighted by Gasteiger charge is -2.30. The van der Waals surface area contributed by atoms with Gasteiger partial charge in [0.2, 0.25) is 0 Å². The van der Waals surface area contributed by atoms with Crippen LogP contribution >= 0.6 is 0 Å². The van der Waals surface area contributed by atoms with Gasteiger partial charge in [0.15, 0.2) is 0 Å². The Bertz CT molecular complexity index is 764. The number of hydrogen-bond acceptors (Lipinski definition) is 4. The Labute approximate surface area is 152 Å². The third-order valence-corrected chi connectivity index (χ3v) is 4.44. The Kier molecular flexibility index (Phi) is 5.85. The molecule has 3 N–H and O–H groups in total. The van der Waals surface area contributed by atoms with Crippen LogP contribution in [-0.4, -0.2) is 41.7 Å². The van der Waals surface area contributed by atoms with Gasteiger partial charge in [-0.1, -0.05) is 12.1 Å². The molecule has 0 spiro atoms. The molecule has 0 radical (unpaired) electrons. The molecular weight excluding hydrogens is 335 g/mol. The lowest BCUT2D eigenvalue weighted by molar-refractivity contribution is 0.0469. The first-order chi connectivity index (χ1) is 12.6. The predicted octanol–water partition coefficient (Wildman–Crippen LogP) is 2.72. The van der Waals surface area contributed by atoms with Gasteiger partial charge in [-0.05, 0) is 61.7 Å². The molecule has 1 atom stereocenters. The molecule has 1 saturated heterocycles. The van der Waals surface area contributed by atoms with Crippen LogP contribution < -0.4 is 10.5 Å². The van der Waals surface area contributed by atoms with Crippen LogP contribution in [0.2, 0.25) is 0 Å². The second-order valence-corrected chi connectivity index (χ2v) is 6.47. The SMILES string of the molecule is NCCc1ccc(Oc2ccc(F)c(C(=O)N3CCCC(O)C3)c2)cc1. The van der Waals surface area contributed by atoms with Gasteiger partial charge < -0.3 is 20.5 Å². The van der Waals surface area contributed by atoms with Gasteiger partial charge >= 0.3 is 0 Å². The number of ether oxygens (including phenoxy) is 1. The Hall–Kier alpha value is -2.44. The van der Waals surface area contributed by atoms with Gasteiger partial charge in [0.25, 0.3) is 5.91 Å². The second kappa shape index (κ2) is 8.29. The van der Waals surface area contributed by atoms with Gasteiger partial charge in [-0.25, -0.2) is 4.39 Å². The molecule has 5 nitrogen and oxygen atoms in total. The molecule has 26 heavy (non-hydrogen) atoms. The van der Waals surface area contributed by atoms with Crippen molar-refractivity contribution in [2.75, 3.05) is 19.6 Å². The Balaban J connectivity index is 1.75. The lowest BCUT2D eigenvalue weighted by atomic mass is 10.1. The number of aliphatic hydroxyl groups excluding tert-OH is 1. The summed E-state index contributed by atoms with van der Waals surface area (Å²) in [6, 6.07) is 11.6. The molecule has 0 saturated carbocycles. The van der Waals surface area contributed by atoms with E-state index in [9.17, 15) is 14.3 Å². The number of aliphatic hydroxyl groups is 1. The zero-order valence-electron chi connectivity index (χ0n) is 14.5. The summed E-state index contributed by atoms with van der Waals surface area (Å²) in [7, 11) is 0. The monoisotopic (exact) mass is 358 g/mol. The van der Waals surface area contributed by atoms with Crippen molar-refractivity contribution in [1.29, 1.82) is 0 Å². The van der Waals surface area contributed by atoms with Crippen molar-refractivity contribution in [2.24, 2.45) is 5.73 Å². The van der Waals surface area contributed by atoms with Crippen LogP contribution in [0, 0.1) is 5.82 Å². The molecule has 3 rings (SSSR count). The average molecular weight is 358 g/mol. The van der Waals surface area contributed by atoms with Crippen molar-refractivity contribution in [2.45, 2.75) is 25.4 Å². The molecule has 1 amide bonds. The summed E-state index contributed by atoms with van der Waals surface area (Å²) in [5, 5.41) is 9.73. The van der Waals surface area contributed by atoms with E-state index in [0.717, 1.165) is 12.0 Å². The maximum absolute atomic E-state index is 14.2. The summed E-state index contributed by atoms with van der Waals surface area (Å²) >= 11 is 0. The van der Waals surface area contributed by atoms with Crippen LogP contribution in [0.3, 0.4) is 0 Å². The van der Waals surface area contributed by atoms with Crippen molar-refractivity contribution in [1.82, 2.24) is 4.90 Å². The van der Waals surface area contributed by atoms with Gasteiger partial charge in [0, 0.05) is 13.1 Å². The number of benzene rings is 2. The van der Waals surface area contributed by atoms with Crippen LogP contribution in [0.1, 0.15) is 28.8 Å². The first-order valence-electron chi connectivity index (χ1n) is 8.80. The highest BCUT2D eigenvalue weighted by atomic mass is 19.1. The van der Waals surface area contributed by atoms with Crippen LogP contribution in [-0.2, 0) is 6.42 Å². The van der Waals surface area contributed by atoms with Crippen molar-refractivity contribution < 1.29 is 19.0 Å². The Morgan fingerprint density at radius 2 is 1.96 bits per heavy atom. The molecule has 2 aromatic rings. The number of carbonyl (C=O) groups is 1. The maximum Gasteiger partial charge on any atom is 0.257 e. The topological polar surface area (TPSA) is 75.8 Å². The molecular formula is C20H23FN2O3. The van der Waals surface area contributed by atoms with E-state index in [-0.39, 0.29) is 12.1 Å². The Morgan fingerprint density at radius 1 is 1.23 bits per heavy atom. The number of nitrogens with zero attached hydrogens (tertiary/aromatic N) is 1. The third kappa shape index (κ3) is 4.39. The second-order valence-electron chi connectivity index (χ2n) is 6.47. The molecule has 1 unspecified atom stereocenters. The zero-order chi connectivity index (χ0) is 18.5. The van der Waals surface area contributed by atoms with Crippen LogP contribution in [0.4, 0.5) is 4.39 Å². The summed E-state index contributed by atoms with van der Waals surface area (Å²) in [5.41, 5.74) is 6.60. The van der Waals surface area contributed by atoms with Crippen molar-refractivity contribution in [3.8, 4) is 11.5 Å². The molecule has 6 heteroatoms. The highest BCUT2D eigenvalue weighted by Gasteiger charge is 2.25. The average Bonchev–Trinajstić information content (AvgIpc) is 2.64. The van der Waals surface area contributed by atoms with E-state index in [0.29, 0.717) is 37.4 Å². The fourth-order valence-electron chi connectivity index (χ4n) is 3.07. The van der Waals surface area contributed by atoms with Gasteiger partial charge in [0.1, 0.15) is 17.3 Å². The van der Waals surface area contributed by atoms with Crippen LogP contribution in [0.5, 0.6) is 11.5 Å². The lowest BCUT2D eigenvalue weighted by Crippen LogP contribution is -2.42. The zero-order valence-corrected chi connectivity index (χ0v) is 14.5. The Morgan fingerprint density at radius 3 is 2.65 bits per heavy atom. The van der Waals surface area contributed by atoms with Gasteiger partial charge in [0.05, 0.1) is 11.7 Å². The number of nitrogens with two attached hydrogens (primary N) is 1. The van der Waals surface area contributed by atoms with E-state index in [2.05, 4.69) is 0 Å². The minimum atomic E-state index is -0.597. The molecule has 0 bridgehead atoms. The standard InChI is InChI=1S/C20H23FN2O3/c21-19-8-7-17(26-16-5-3-14(4-6-16)9-10-22)12-18(19)20(25)23-11-1-2-15(24)13-23/h3-8,12,15,24H,1-2,9-11,13,22H2. The van der Waals surface area contributed by atoms with Gasteiger partial charge in [-0.2, -0.15) is 0 Å². The van der Waals surface area contributed by atoms with E-state index in [1.807, 2.05) is 24.3 Å². The fourth-order valence-corrected chi connectivity index (χ4v) is 3.07. The van der Waals surface area contributed by atoms with E-state index in [4.69, 9.17) is 10.5 Å². The molecule has 0 aromatic heterocycles. The number of piperidine rings is 1. The number of hydrogen-bond donors (Lipinski definition) is 2. The molecule has 2 aromatic carbocycles. The summed E-state index contributed by atoms with van der Waals surface area (Å²) in [6.45, 7) is 1.32. The van der Waals surface area contributed by atoms with Crippen molar-refractivity contribution >= 4 is 5.91 Å². The van der Waals surface area contributed by atoms with Crippen LogP contribution in [0.25, 0.3) is 0 Å². The molecule has 1 aliphatic rings. The van der Waals surface area contributed by atoms with Gasteiger partial charge in [-0.15, -0.1) is 0 Å². The fraction of sp³-hybridized carbons (Fsp3) is 0.350. The summed E-state index contributed by atoms with van der Waals surface area (Å²) in [5.74, 6) is -0.0336. The van der Waals surface area contributed by atoms with Crippen molar-refractivity contribution in [3.05, 3.63) is 59.4 Å². The summed E-state index contributed by atoms with van der Waals surface area (Å²) < 4.78 is 19.9. The number of halogens is 1. The maximum atomic E-state index is 14.2. The van der Waals surface area contributed by atoms with Gasteiger partial charge in [-0.3, -0.25) is 4.79 Å². The number of carbonyl (C=O) groups excluding carboxylic acids is 1. The predicted molar refractivity (Wildman–Crippen MR) is 96.8 cm³/mol. The largest absolute Gasteiger partial charge is 0.457 e. The number of likely N-dealkylation sites (tertiary alicyclic amines) is 1. The summed E-state index contributed by atoms with van der Waals surface area (Å²) in [4.78, 5) is 14.1. The molecule has 1 aliphatic heterocycles. The van der Waals surface area contributed by atoms with E-state index >= 15 is 0 Å². The third-order valence-electron chi connectivity index (χ3n) is 4.44. The minimum Gasteiger partial charge on any atom is -0.457 e. The minimum absolute atomic E-state index is 0.0450. The highest BCUT2D eigenvalue weighted by Crippen LogP contribution is 2.25. The van der Waals surface area contributed by atoms with Crippen LogP contribution in [0.15, 0.2) is 42.5 Å². The first kappa shape index (κ1) is 18.4. The smallest absolute Gasteiger partial charge is 0.257 e. The van der Waals surface area contributed by atoms with E-state index < -0.39 is 17.8 Å². The first-order valence-corrected chi connectivity index (χ1v) is 8.80. The van der Waals surface area contributed by atoms with E-state index in [1.165, 1.54) is 23.1 Å². The molecule has 0 aliphatic carbocycles. The highest BCUT2D eigenvalue weighted by molar-refractivity contribution is 5.95. The quantitative estimate of drug-likeness (QED) is 0.862.